The van der Waals surface area contributed by atoms with E-state index in [4.69, 9.17) is 0 Å². The Labute approximate surface area is 144 Å². The number of hydrogen-bond donors (Lipinski definition) is 0. The molecule has 0 heterocycles. The average Bonchev–Trinajstić information content (AvgIpc) is 2.55. The molecule has 0 saturated carbocycles. The van der Waals surface area contributed by atoms with Crippen molar-refractivity contribution in [2.75, 3.05) is 19.8 Å². The molecular formula is C19H23NO3S. The van der Waals surface area contributed by atoms with Crippen LogP contribution in [0.1, 0.15) is 28.4 Å². The van der Waals surface area contributed by atoms with Crippen LogP contribution in [-0.2, 0) is 14.6 Å². The monoisotopic (exact) mass is 345 g/mol. The van der Waals surface area contributed by atoms with Crippen LogP contribution in [0.4, 0.5) is 0 Å². The third-order valence-corrected chi connectivity index (χ3v) is 6.05. The largest absolute Gasteiger partial charge is 0.349 e. The first kappa shape index (κ1) is 18.2. The van der Waals surface area contributed by atoms with Crippen LogP contribution < -0.4 is 0 Å². The number of carbonyl (C=O) groups excluding carboxylic acids is 1. The Kier molecular flexibility index (Phi) is 5.78. The van der Waals surface area contributed by atoms with E-state index in [-0.39, 0.29) is 18.1 Å². The van der Waals surface area contributed by atoms with Gasteiger partial charge in [0.05, 0.1) is 5.75 Å². The Hall–Kier alpha value is -2.14. The minimum absolute atomic E-state index is 0.00938. The van der Waals surface area contributed by atoms with E-state index >= 15 is 0 Å². The Bertz CT molecular complexity index is 798. The molecule has 0 aliphatic carbocycles. The lowest BCUT2D eigenvalue weighted by molar-refractivity contribution is -0.128. The highest BCUT2D eigenvalue weighted by Crippen LogP contribution is 2.33. The number of aryl methyl sites for hydroxylation is 1. The second-order valence-corrected chi connectivity index (χ2v) is 8.26. The van der Waals surface area contributed by atoms with Gasteiger partial charge in [-0.2, -0.15) is 0 Å². The van der Waals surface area contributed by atoms with Crippen molar-refractivity contribution in [1.29, 1.82) is 0 Å². The second kappa shape index (κ2) is 7.62. The van der Waals surface area contributed by atoms with Gasteiger partial charge >= 0.3 is 0 Å². The lowest BCUT2D eigenvalue weighted by Crippen LogP contribution is -2.26. The van der Waals surface area contributed by atoms with Crippen molar-refractivity contribution < 1.29 is 13.2 Å². The van der Waals surface area contributed by atoms with Crippen molar-refractivity contribution in [2.24, 2.45) is 0 Å². The van der Waals surface area contributed by atoms with Gasteiger partial charge in [0.1, 0.15) is 5.25 Å². The molecule has 1 atom stereocenters. The zero-order valence-electron chi connectivity index (χ0n) is 14.3. The first-order valence-corrected chi connectivity index (χ1v) is 9.56. The van der Waals surface area contributed by atoms with Gasteiger partial charge in [-0.15, -0.1) is 0 Å². The first-order chi connectivity index (χ1) is 11.3. The van der Waals surface area contributed by atoms with E-state index in [1.165, 1.54) is 4.90 Å². The molecule has 5 heteroatoms. The lowest BCUT2D eigenvalue weighted by atomic mass is 10.0. The van der Waals surface area contributed by atoms with Gasteiger partial charge in [0.2, 0.25) is 5.91 Å². The SMILES string of the molecule is Cc1ccccc1[C@@H](c1ccccc1)S(=O)(=O)CCC(=O)N(C)C. The normalized spacial score (nSPS) is 12.6. The number of nitrogens with zero attached hydrogens (tertiary/aromatic N) is 1. The summed E-state index contributed by atoms with van der Waals surface area (Å²) in [7, 11) is -0.267. The predicted molar refractivity (Wildman–Crippen MR) is 96.6 cm³/mol. The first-order valence-electron chi connectivity index (χ1n) is 7.85. The molecule has 2 aromatic rings. The topological polar surface area (TPSA) is 54.5 Å². The zero-order chi connectivity index (χ0) is 17.7. The van der Waals surface area contributed by atoms with Crippen LogP contribution in [0.5, 0.6) is 0 Å². The fourth-order valence-electron chi connectivity index (χ4n) is 2.66. The van der Waals surface area contributed by atoms with E-state index in [9.17, 15) is 13.2 Å². The van der Waals surface area contributed by atoms with Gasteiger partial charge < -0.3 is 4.90 Å². The number of carbonyl (C=O) groups is 1. The number of rotatable bonds is 6. The van der Waals surface area contributed by atoms with Gasteiger partial charge in [-0.1, -0.05) is 54.6 Å². The third-order valence-electron chi connectivity index (χ3n) is 4.03. The van der Waals surface area contributed by atoms with Crippen molar-refractivity contribution in [3.63, 3.8) is 0 Å². The lowest BCUT2D eigenvalue weighted by Gasteiger charge is -2.21. The third kappa shape index (κ3) is 4.23. The molecule has 2 rings (SSSR count). The summed E-state index contributed by atoms with van der Waals surface area (Å²) in [6, 6.07) is 16.7. The standard InChI is InChI=1S/C19H23NO3S/c1-15-9-7-8-12-17(15)19(16-10-5-4-6-11-16)24(22,23)14-13-18(21)20(2)3/h4-12,19H,13-14H2,1-3H3/t19-/m1/s1. The quantitative estimate of drug-likeness (QED) is 0.809. The summed E-state index contributed by atoms with van der Waals surface area (Å²) in [6.45, 7) is 1.91. The molecule has 0 bridgehead atoms. The summed E-state index contributed by atoms with van der Waals surface area (Å²) < 4.78 is 26.1. The Morgan fingerprint density at radius 3 is 2.17 bits per heavy atom. The summed E-state index contributed by atoms with van der Waals surface area (Å²) in [5.41, 5.74) is 2.42. The van der Waals surface area contributed by atoms with E-state index in [1.807, 2.05) is 61.5 Å². The number of sulfone groups is 1. The maximum atomic E-state index is 13.0. The van der Waals surface area contributed by atoms with Crippen molar-refractivity contribution in [1.82, 2.24) is 4.90 Å². The highest BCUT2D eigenvalue weighted by Gasteiger charge is 2.30. The van der Waals surface area contributed by atoms with E-state index in [0.29, 0.717) is 0 Å². The number of amides is 1. The van der Waals surface area contributed by atoms with Gasteiger partial charge in [-0.3, -0.25) is 4.79 Å². The average molecular weight is 345 g/mol. The molecule has 0 aliphatic rings. The van der Waals surface area contributed by atoms with Crippen LogP contribution in [0.2, 0.25) is 0 Å². The highest BCUT2D eigenvalue weighted by atomic mass is 32.2. The van der Waals surface area contributed by atoms with Gasteiger partial charge in [0.15, 0.2) is 9.84 Å². The second-order valence-electron chi connectivity index (χ2n) is 6.05. The molecule has 0 aromatic heterocycles. The number of benzene rings is 2. The number of hydrogen-bond acceptors (Lipinski definition) is 3. The molecule has 2 aromatic carbocycles. The van der Waals surface area contributed by atoms with Crippen molar-refractivity contribution in [3.8, 4) is 0 Å². The van der Waals surface area contributed by atoms with Crippen LogP contribution >= 0.6 is 0 Å². The Morgan fingerprint density at radius 2 is 1.58 bits per heavy atom. The molecule has 0 aliphatic heterocycles. The molecule has 24 heavy (non-hydrogen) atoms. The van der Waals surface area contributed by atoms with Crippen molar-refractivity contribution in [3.05, 3.63) is 71.3 Å². The van der Waals surface area contributed by atoms with Crippen LogP contribution in [-0.4, -0.2) is 39.1 Å². The smallest absolute Gasteiger partial charge is 0.223 e. The maximum absolute atomic E-state index is 13.0. The zero-order valence-corrected chi connectivity index (χ0v) is 15.1. The summed E-state index contributed by atoms with van der Waals surface area (Å²) in [5, 5.41) is -0.755. The molecular weight excluding hydrogens is 322 g/mol. The minimum Gasteiger partial charge on any atom is -0.349 e. The van der Waals surface area contributed by atoms with E-state index in [2.05, 4.69) is 0 Å². The molecule has 0 saturated heterocycles. The van der Waals surface area contributed by atoms with Crippen LogP contribution in [0.15, 0.2) is 54.6 Å². The summed E-state index contributed by atoms with van der Waals surface area (Å²) in [6.07, 6.45) is -0.00938. The maximum Gasteiger partial charge on any atom is 0.223 e. The predicted octanol–water partition coefficient (Wildman–Crippen LogP) is 2.98. The van der Waals surface area contributed by atoms with Gasteiger partial charge in [-0.05, 0) is 23.6 Å². The molecule has 0 unspecified atom stereocenters. The van der Waals surface area contributed by atoms with Gasteiger partial charge in [0, 0.05) is 20.5 Å². The van der Waals surface area contributed by atoms with E-state index < -0.39 is 15.1 Å². The molecule has 0 spiro atoms. The minimum atomic E-state index is -3.53. The Morgan fingerprint density at radius 1 is 1.00 bits per heavy atom. The molecule has 0 N–H and O–H groups in total. The van der Waals surface area contributed by atoms with Crippen molar-refractivity contribution >= 4 is 15.7 Å². The Balaban J connectivity index is 2.43. The molecule has 1 amide bonds. The van der Waals surface area contributed by atoms with Crippen LogP contribution in [0, 0.1) is 6.92 Å². The van der Waals surface area contributed by atoms with Crippen LogP contribution in [0.25, 0.3) is 0 Å². The van der Waals surface area contributed by atoms with E-state index in [0.717, 1.165) is 16.7 Å². The summed E-state index contributed by atoms with van der Waals surface area (Å²) in [5.74, 6) is -0.354. The molecule has 0 fully saturated rings. The van der Waals surface area contributed by atoms with Crippen LogP contribution in [0.3, 0.4) is 0 Å². The fraction of sp³-hybridized carbons (Fsp3) is 0.316. The van der Waals surface area contributed by atoms with Gasteiger partial charge in [-0.25, -0.2) is 8.42 Å². The van der Waals surface area contributed by atoms with E-state index in [1.54, 1.807) is 14.1 Å². The van der Waals surface area contributed by atoms with Crippen molar-refractivity contribution in [2.45, 2.75) is 18.6 Å². The molecule has 128 valence electrons. The molecule has 4 nitrogen and oxygen atoms in total. The summed E-state index contributed by atoms with van der Waals surface area (Å²) in [4.78, 5) is 13.2. The fourth-order valence-corrected chi connectivity index (χ4v) is 4.58. The molecule has 0 radical (unpaired) electrons. The summed E-state index contributed by atoms with van der Waals surface area (Å²) >= 11 is 0. The highest BCUT2D eigenvalue weighted by molar-refractivity contribution is 7.91. The van der Waals surface area contributed by atoms with Gasteiger partial charge in [0.25, 0.3) is 0 Å².